The molecule has 0 aliphatic carbocycles. The molecule has 2 aromatic heterocycles. The average molecular weight is 636 g/mol. The van der Waals surface area contributed by atoms with Crippen LogP contribution in [0.25, 0.3) is 86.9 Å². The minimum atomic E-state index is 0.570. The summed E-state index contributed by atoms with van der Waals surface area (Å²) in [7, 11) is 0. The molecule has 5 nitrogen and oxygen atoms in total. The summed E-state index contributed by atoms with van der Waals surface area (Å²) < 4.78 is 4.47. The first kappa shape index (κ1) is 28.8. The zero-order valence-corrected chi connectivity index (χ0v) is 26.7. The molecular formula is C45H25N5. The van der Waals surface area contributed by atoms with Gasteiger partial charge in [-0.3, -0.25) is 0 Å². The molecule has 0 amide bonds. The van der Waals surface area contributed by atoms with Crippen molar-refractivity contribution in [3.63, 3.8) is 0 Å². The van der Waals surface area contributed by atoms with Crippen molar-refractivity contribution in [3.05, 3.63) is 180 Å². The van der Waals surface area contributed by atoms with Gasteiger partial charge in [-0.15, -0.1) is 0 Å². The third kappa shape index (κ3) is 4.38. The molecule has 2 heterocycles. The Morgan fingerprint density at radius 1 is 0.480 bits per heavy atom. The number of rotatable bonds is 4. The lowest BCUT2D eigenvalue weighted by Crippen LogP contribution is -1.97. The van der Waals surface area contributed by atoms with Gasteiger partial charge < -0.3 is 9.13 Å². The van der Waals surface area contributed by atoms with E-state index in [1.165, 1.54) is 0 Å². The summed E-state index contributed by atoms with van der Waals surface area (Å²) in [5.74, 6) is 0. The lowest BCUT2D eigenvalue weighted by molar-refractivity contribution is 1.18. The molecule has 0 unspecified atom stereocenters. The Kier molecular flexibility index (Phi) is 6.56. The molecule has 0 N–H and O–H groups in total. The van der Waals surface area contributed by atoms with Gasteiger partial charge in [-0.1, -0.05) is 91.0 Å². The standard InChI is InChI=1S/C45H25N5/c1-47-32-19-21-37-35-13-4-8-17-43(35)50(45(37)26-32)41-15-6-3-12-34(41)30-10-9-11-31(25-30)38-27-33(20-22-40(38)48-2)49-42-16-7-5-14-36(42)39-24-29(28-46)18-23-44(39)49/h3-27H. The van der Waals surface area contributed by atoms with E-state index in [0.29, 0.717) is 16.9 Å². The monoisotopic (exact) mass is 635 g/mol. The minimum absolute atomic E-state index is 0.570. The number of aromatic nitrogens is 2. The van der Waals surface area contributed by atoms with Crippen molar-refractivity contribution in [2.75, 3.05) is 0 Å². The van der Waals surface area contributed by atoms with Crippen molar-refractivity contribution in [2.45, 2.75) is 0 Å². The van der Waals surface area contributed by atoms with E-state index in [-0.39, 0.29) is 0 Å². The number of para-hydroxylation sites is 3. The molecule has 0 aliphatic heterocycles. The van der Waals surface area contributed by atoms with Gasteiger partial charge >= 0.3 is 0 Å². The molecule has 0 spiro atoms. The molecule has 0 aliphatic rings. The predicted octanol–water partition coefficient (Wildman–Crippen LogP) is 12.2. The molecular weight excluding hydrogens is 611 g/mol. The van der Waals surface area contributed by atoms with Crippen molar-refractivity contribution >= 4 is 55.0 Å². The van der Waals surface area contributed by atoms with E-state index in [4.69, 9.17) is 13.1 Å². The van der Waals surface area contributed by atoms with Gasteiger partial charge in [-0.25, -0.2) is 9.69 Å². The maximum Gasteiger partial charge on any atom is 0.195 e. The van der Waals surface area contributed by atoms with E-state index in [2.05, 4.69) is 110 Å². The van der Waals surface area contributed by atoms with Gasteiger partial charge in [0.05, 0.1) is 47.0 Å². The van der Waals surface area contributed by atoms with Crippen LogP contribution in [0.5, 0.6) is 0 Å². The maximum atomic E-state index is 9.61. The van der Waals surface area contributed by atoms with E-state index in [1.54, 1.807) is 0 Å². The topological polar surface area (TPSA) is 42.4 Å². The van der Waals surface area contributed by atoms with Crippen LogP contribution in [0.4, 0.5) is 11.4 Å². The fraction of sp³-hybridized carbons (Fsp3) is 0. The number of nitrogens with zero attached hydrogens (tertiary/aromatic N) is 5. The van der Waals surface area contributed by atoms with Gasteiger partial charge in [-0.2, -0.15) is 5.26 Å². The molecule has 0 saturated carbocycles. The second-order valence-corrected chi connectivity index (χ2v) is 12.3. The van der Waals surface area contributed by atoms with Crippen LogP contribution in [0, 0.1) is 24.5 Å². The maximum absolute atomic E-state index is 9.61. The van der Waals surface area contributed by atoms with Crippen molar-refractivity contribution in [1.29, 1.82) is 5.26 Å². The van der Waals surface area contributed by atoms with E-state index in [0.717, 1.165) is 77.2 Å². The minimum Gasteiger partial charge on any atom is -0.310 e. The highest BCUT2D eigenvalue weighted by Gasteiger charge is 2.18. The molecule has 0 bridgehead atoms. The number of benzene rings is 7. The first-order valence-corrected chi connectivity index (χ1v) is 16.2. The summed E-state index contributed by atoms with van der Waals surface area (Å²) in [5, 5.41) is 13.9. The quantitative estimate of drug-likeness (QED) is 0.177. The third-order valence-electron chi connectivity index (χ3n) is 9.58. The normalized spacial score (nSPS) is 11.1. The van der Waals surface area contributed by atoms with Gasteiger partial charge in [0.15, 0.2) is 11.4 Å². The molecule has 0 atom stereocenters. The zero-order chi connectivity index (χ0) is 33.8. The number of fused-ring (bicyclic) bond motifs is 6. The molecule has 9 rings (SSSR count). The van der Waals surface area contributed by atoms with Crippen molar-refractivity contribution in [1.82, 2.24) is 9.13 Å². The van der Waals surface area contributed by atoms with E-state index >= 15 is 0 Å². The van der Waals surface area contributed by atoms with E-state index in [9.17, 15) is 5.26 Å². The molecule has 230 valence electrons. The highest BCUT2D eigenvalue weighted by atomic mass is 15.0. The Morgan fingerprint density at radius 3 is 1.94 bits per heavy atom. The molecule has 7 aromatic carbocycles. The Bertz CT molecular complexity index is 2970. The molecule has 9 aromatic rings. The van der Waals surface area contributed by atoms with Crippen molar-refractivity contribution < 1.29 is 0 Å². The van der Waals surface area contributed by atoms with E-state index in [1.807, 2.05) is 66.7 Å². The summed E-state index contributed by atoms with van der Waals surface area (Å²) in [6, 6.07) is 53.3. The summed E-state index contributed by atoms with van der Waals surface area (Å²) in [5.41, 5.74) is 11.7. The average Bonchev–Trinajstić information content (AvgIpc) is 3.69. The van der Waals surface area contributed by atoms with Crippen LogP contribution in [0.1, 0.15) is 5.56 Å². The van der Waals surface area contributed by atoms with Gasteiger partial charge in [0.2, 0.25) is 0 Å². The first-order chi connectivity index (χ1) is 24.7. The van der Waals surface area contributed by atoms with Crippen molar-refractivity contribution in [3.8, 4) is 39.7 Å². The number of hydrogen-bond donors (Lipinski definition) is 0. The van der Waals surface area contributed by atoms with Gasteiger partial charge in [-0.05, 0) is 77.4 Å². The van der Waals surface area contributed by atoms with Gasteiger partial charge in [0.1, 0.15) is 0 Å². The Hall–Kier alpha value is -7.39. The van der Waals surface area contributed by atoms with Crippen LogP contribution in [0.3, 0.4) is 0 Å². The lowest BCUT2D eigenvalue weighted by atomic mass is 9.96. The zero-order valence-electron chi connectivity index (χ0n) is 26.7. The Balaban J connectivity index is 1.23. The molecule has 0 fully saturated rings. The second kappa shape index (κ2) is 11.4. The van der Waals surface area contributed by atoms with Crippen molar-refractivity contribution in [2.24, 2.45) is 0 Å². The smallest absolute Gasteiger partial charge is 0.195 e. The Morgan fingerprint density at radius 2 is 1.16 bits per heavy atom. The van der Waals surface area contributed by atoms with Gasteiger partial charge in [0.25, 0.3) is 0 Å². The third-order valence-corrected chi connectivity index (χ3v) is 9.58. The fourth-order valence-electron chi connectivity index (χ4n) is 7.37. The summed E-state index contributed by atoms with van der Waals surface area (Å²) in [6.45, 7) is 15.8. The second-order valence-electron chi connectivity index (χ2n) is 12.3. The fourth-order valence-corrected chi connectivity index (χ4v) is 7.37. The highest BCUT2D eigenvalue weighted by molar-refractivity contribution is 6.11. The van der Waals surface area contributed by atoms with Crippen LogP contribution in [0.2, 0.25) is 0 Å². The molecule has 0 saturated heterocycles. The van der Waals surface area contributed by atoms with Gasteiger partial charge in [0, 0.05) is 38.3 Å². The van der Waals surface area contributed by atoms with Crippen LogP contribution >= 0.6 is 0 Å². The summed E-state index contributed by atoms with van der Waals surface area (Å²) in [4.78, 5) is 7.67. The van der Waals surface area contributed by atoms with Crippen LogP contribution in [-0.4, -0.2) is 9.13 Å². The summed E-state index contributed by atoms with van der Waals surface area (Å²) >= 11 is 0. The first-order valence-electron chi connectivity index (χ1n) is 16.2. The van der Waals surface area contributed by atoms with E-state index < -0.39 is 0 Å². The largest absolute Gasteiger partial charge is 0.310 e. The molecule has 50 heavy (non-hydrogen) atoms. The number of hydrogen-bond acceptors (Lipinski definition) is 1. The number of nitriles is 1. The lowest BCUT2D eigenvalue weighted by Gasteiger charge is -2.16. The highest BCUT2D eigenvalue weighted by Crippen LogP contribution is 2.41. The predicted molar refractivity (Wildman–Crippen MR) is 203 cm³/mol. The Labute approximate surface area is 288 Å². The van der Waals surface area contributed by atoms with Crippen LogP contribution in [-0.2, 0) is 0 Å². The summed E-state index contributed by atoms with van der Waals surface area (Å²) in [6.07, 6.45) is 0. The molecule has 0 radical (unpaired) electrons. The SMILES string of the molecule is [C-]#[N+]c1ccc2c3ccccc3n(-c3ccccc3-c3cccc(-c4cc(-n5c6ccccc6c6cc(C#N)ccc65)ccc4[N+]#[C-])c3)c2c1. The van der Waals surface area contributed by atoms with Crippen LogP contribution < -0.4 is 0 Å². The van der Waals surface area contributed by atoms with Crippen LogP contribution in [0.15, 0.2) is 152 Å². The molecule has 5 heteroatoms.